The average Bonchev–Trinajstić information content (AvgIpc) is 3.71. The number of piperidine rings is 2. The minimum atomic E-state index is -3.27. The Balaban J connectivity index is 1.06. The molecule has 1 saturated carbocycles. The molecule has 1 aromatic heterocycles. The molecule has 3 atom stereocenters. The van der Waals surface area contributed by atoms with Gasteiger partial charge in [-0.05, 0) is 100 Å². The predicted molar refractivity (Wildman–Crippen MR) is 170 cm³/mol. The van der Waals surface area contributed by atoms with Crippen molar-refractivity contribution in [1.82, 2.24) is 19.4 Å². The summed E-state index contributed by atoms with van der Waals surface area (Å²) in [5.74, 6) is 1.65. The van der Waals surface area contributed by atoms with Crippen LogP contribution in [-0.4, -0.2) is 71.6 Å². The Morgan fingerprint density at radius 2 is 1.60 bits per heavy atom. The lowest BCUT2D eigenvalue weighted by atomic mass is 9.70. The largest absolute Gasteiger partial charge is 0.342 e. The van der Waals surface area contributed by atoms with Gasteiger partial charge in [0.1, 0.15) is 5.82 Å². The van der Waals surface area contributed by atoms with E-state index < -0.39 is 9.84 Å². The highest BCUT2D eigenvalue weighted by molar-refractivity contribution is 7.90. The predicted octanol–water partition coefficient (Wildman–Crippen LogP) is 6.06. The first-order chi connectivity index (χ1) is 20.7. The summed E-state index contributed by atoms with van der Waals surface area (Å²) in [5.41, 5.74) is 3.39. The number of aryl methyl sites for hydroxylation is 1. The zero-order valence-corrected chi connectivity index (χ0v) is 26.6. The summed E-state index contributed by atoms with van der Waals surface area (Å²) >= 11 is 0. The molecule has 230 valence electrons. The van der Waals surface area contributed by atoms with Gasteiger partial charge >= 0.3 is 0 Å². The van der Waals surface area contributed by atoms with Gasteiger partial charge in [0, 0.05) is 43.4 Å². The van der Waals surface area contributed by atoms with Crippen molar-refractivity contribution >= 4 is 26.8 Å². The van der Waals surface area contributed by atoms with Gasteiger partial charge in [0.15, 0.2) is 9.84 Å². The lowest BCUT2D eigenvalue weighted by molar-refractivity contribution is -0.137. The molecule has 7 rings (SSSR count). The van der Waals surface area contributed by atoms with Crippen molar-refractivity contribution in [2.24, 2.45) is 5.92 Å². The van der Waals surface area contributed by atoms with Crippen LogP contribution in [0, 0.1) is 12.8 Å². The highest BCUT2D eigenvalue weighted by Gasteiger charge is 2.44. The minimum Gasteiger partial charge on any atom is -0.342 e. The Morgan fingerprint density at radius 3 is 2.26 bits per heavy atom. The molecule has 43 heavy (non-hydrogen) atoms. The van der Waals surface area contributed by atoms with Crippen LogP contribution in [-0.2, 0) is 20.0 Å². The highest BCUT2D eigenvalue weighted by atomic mass is 32.2. The molecule has 0 N–H and O–H groups in total. The Labute approximate surface area is 256 Å². The van der Waals surface area contributed by atoms with Crippen molar-refractivity contribution in [2.75, 3.05) is 25.9 Å². The van der Waals surface area contributed by atoms with Gasteiger partial charge in [-0.2, -0.15) is 0 Å². The van der Waals surface area contributed by atoms with E-state index >= 15 is 0 Å². The van der Waals surface area contributed by atoms with Crippen molar-refractivity contribution in [3.8, 4) is 0 Å². The van der Waals surface area contributed by atoms with E-state index in [1.807, 2.05) is 6.07 Å². The molecule has 1 aliphatic carbocycles. The van der Waals surface area contributed by atoms with E-state index in [4.69, 9.17) is 4.98 Å². The molecular formula is C35H46N4O3S. The quantitative estimate of drug-likeness (QED) is 0.329. The second-order valence-electron chi connectivity index (χ2n) is 13.9. The highest BCUT2D eigenvalue weighted by Crippen LogP contribution is 2.45. The van der Waals surface area contributed by atoms with Gasteiger partial charge in [0.2, 0.25) is 5.91 Å². The number of amides is 1. The normalized spacial score (nSPS) is 26.4. The zero-order chi connectivity index (χ0) is 29.8. The number of nitrogens with zero attached hydrogens (tertiary/aromatic N) is 4. The fraction of sp³-hybridized carbons (Fsp3) is 0.600. The number of carbonyl (C=O) groups is 1. The SMILES string of the molecule is Cc1nc2cc(S(C)(=O)=O)ccc2n1C1C[C@H]2CC[C@@H](C1)N2CCC1(c2ccccc2)CCN(C(=O)C2CCCC2)CC1. The Bertz CT molecular complexity index is 1570. The molecule has 4 aliphatic rings. The third kappa shape index (κ3) is 5.43. The summed E-state index contributed by atoms with van der Waals surface area (Å²) in [5, 5.41) is 0. The maximum Gasteiger partial charge on any atom is 0.225 e. The van der Waals surface area contributed by atoms with Crippen molar-refractivity contribution < 1.29 is 13.2 Å². The Kier molecular flexibility index (Phi) is 7.65. The van der Waals surface area contributed by atoms with Crippen LogP contribution in [0.3, 0.4) is 0 Å². The molecular weight excluding hydrogens is 556 g/mol. The van der Waals surface area contributed by atoms with Crippen LogP contribution in [0.4, 0.5) is 0 Å². The van der Waals surface area contributed by atoms with Gasteiger partial charge in [-0.3, -0.25) is 9.69 Å². The maximum absolute atomic E-state index is 13.2. The number of likely N-dealkylation sites (tertiary alicyclic amines) is 1. The summed E-state index contributed by atoms with van der Waals surface area (Å²) in [6.45, 7) is 4.93. The van der Waals surface area contributed by atoms with E-state index in [1.54, 1.807) is 12.1 Å². The monoisotopic (exact) mass is 602 g/mol. The molecule has 4 heterocycles. The smallest absolute Gasteiger partial charge is 0.225 e. The Morgan fingerprint density at radius 1 is 0.930 bits per heavy atom. The summed E-state index contributed by atoms with van der Waals surface area (Å²) in [4.78, 5) is 23.3. The second kappa shape index (κ2) is 11.3. The van der Waals surface area contributed by atoms with Crippen LogP contribution in [0.5, 0.6) is 0 Å². The van der Waals surface area contributed by atoms with Crippen molar-refractivity contribution in [3.63, 3.8) is 0 Å². The first-order valence-electron chi connectivity index (χ1n) is 16.5. The van der Waals surface area contributed by atoms with E-state index in [0.717, 1.165) is 81.4 Å². The van der Waals surface area contributed by atoms with E-state index in [-0.39, 0.29) is 11.3 Å². The number of hydrogen-bond donors (Lipinski definition) is 0. The summed E-state index contributed by atoms with van der Waals surface area (Å²) in [7, 11) is -3.27. The number of fused-ring (bicyclic) bond motifs is 3. The fourth-order valence-corrected chi connectivity index (χ4v) is 9.76. The molecule has 7 nitrogen and oxygen atoms in total. The van der Waals surface area contributed by atoms with E-state index in [1.165, 1.54) is 37.5 Å². The van der Waals surface area contributed by atoms with Crippen molar-refractivity contribution in [2.45, 2.75) is 106 Å². The summed E-state index contributed by atoms with van der Waals surface area (Å²) in [6.07, 6.45) is 13.8. The second-order valence-corrected chi connectivity index (χ2v) is 15.9. The maximum atomic E-state index is 13.2. The fourth-order valence-electron chi connectivity index (χ4n) is 9.12. The van der Waals surface area contributed by atoms with Crippen LogP contribution in [0.1, 0.15) is 88.1 Å². The van der Waals surface area contributed by atoms with E-state index in [2.05, 4.69) is 51.6 Å². The molecule has 2 aromatic carbocycles. The van der Waals surface area contributed by atoms with Crippen LogP contribution >= 0.6 is 0 Å². The van der Waals surface area contributed by atoms with Crippen molar-refractivity contribution in [1.29, 1.82) is 0 Å². The lowest BCUT2D eigenvalue weighted by Crippen LogP contribution is -2.49. The molecule has 2 bridgehead atoms. The van der Waals surface area contributed by atoms with Gasteiger partial charge in [-0.1, -0.05) is 43.2 Å². The van der Waals surface area contributed by atoms with Crippen LogP contribution in [0.15, 0.2) is 53.4 Å². The minimum absolute atomic E-state index is 0.123. The molecule has 8 heteroatoms. The van der Waals surface area contributed by atoms with Crippen molar-refractivity contribution in [3.05, 3.63) is 59.9 Å². The molecule has 1 amide bonds. The van der Waals surface area contributed by atoms with E-state index in [0.29, 0.717) is 28.9 Å². The van der Waals surface area contributed by atoms with Crippen LogP contribution in [0.2, 0.25) is 0 Å². The number of rotatable bonds is 7. The molecule has 0 radical (unpaired) electrons. The number of sulfone groups is 1. The standard InChI is InChI=1S/C35H46N4O3S/c1-25-36-32-24-31(43(2,41)42)14-15-33(32)39(25)30-22-28-12-13-29(23-30)38(28)21-18-35(27-10-4-3-5-11-27)16-19-37(20-17-35)34(40)26-8-6-7-9-26/h3-5,10-11,14-15,24,26,28-30H,6-9,12-13,16-23H2,1-2H3/t28-,29+,30?. The summed E-state index contributed by atoms with van der Waals surface area (Å²) < 4.78 is 26.6. The summed E-state index contributed by atoms with van der Waals surface area (Å²) in [6, 6.07) is 18.0. The van der Waals surface area contributed by atoms with Gasteiger partial charge in [-0.15, -0.1) is 0 Å². The molecule has 3 aromatic rings. The van der Waals surface area contributed by atoms with Gasteiger partial charge in [0.25, 0.3) is 0 Å². The third-order valence-corrected chi connectivity index (χ3v) is 12.6. The lowest BCUT2D eigenvalue weighted by Gasteiger charge is -2.46. The van der Waals surface area contributed by atoms with Gasteiger partial charge < -0.3 is 9.47 Å². The molecule has 3 saturated heterocycles. The molecule has 4 fully saturated rings. The van der Waals surface area contributed by atoms with Gasteiger partial charge in [0.05, 0.1) is 15.9 Å². The number of hydrogen-bond acceptors (Lipinski definition) is 5. The first-order valence-corrected chi connectivity index (χ1v) is 18.4. The van der Waals surface area contributed by atoms with Crippen LogP contribution in [0.25, 0.3) is 11.0 Å². The number of benzene rings is 2. The number of carbonyl (C=O) groups excluding carboxylic acids is 1. The number of aromatic nitrogens is 2. The van der Waals surface area contributed by atoms with E-state index in [9.17, 15) is 13.2 Å². The van der Waals surface area contributed by atoms with Crippen LogP contribution < -0.4 is 0 Å². The molecule has 0 spiro atoms. The Hall–Kier alpha value is -2.71. The zero-order valence-electron chi connectivity index (χ0n) is 25.7. The first kappa shape index (κ1) is 29.0. The molecule has 3 aliphatic heterocycles. The topological polar surface area (TPSA) is 75.5 Å². The van der Waals surface area contributed by atoms with Gasteiger partial charge in [-0.25, -0.2) is 13.4 Å². The third-order valence-electron chi connectivity index (χ3n) is 11.5. The molecule has 1 unspecified atom stereocenters. The average molecular weight is 603 g/mol. The number of imidazole rings is 1.